The first-order valence-electron chi connectivity index (χ1n) is 6.20. The number of amides is 1. The van der Waals surface area contributed by atoms with Crippen LogP contribution >= 0.6 is 0 Å². The van der Waals surface area contributed by atoms with Gasteiger partial charge in [0.2, 0.25) is 0 Å². The molecule has 5 N–H and O–H groups in total. The summed E-state index contributed by atoms with van der Waals surface area (Å²) in [6.07, 6.45) is 0. The van der Waals surface area contributed by atoms with Crippen molar-refractivity contribution in [2.24, 2.45) is 10.9 Å². The van der Waals surface area contributed by atoms with Gasteiger partial charge in [0.1, 0.15) is 5.75 Å². The lowest BCUT2D eigenvalue weighted by molar-refractivity contribution is 0.102. The zero-order chi connectivity index (χ0) is 15.4. The van der Waals surface area contributed by atoms with Gasteiger partial charge in [-0.2, -0.15) is 0 Å². The van der Waals surface area contributed by atoms with Crippen LogP contribution in [0.4, 0.5) is 5.69 Å². The molecule has 0 saturated heterocycles. The minimum Gasteiger partial charge on any atom is -0.507 e. The van der Waals surface area contributed by atoms with Crippen molar-refractivity contribution in [2.45, 2.75) is 6.92 Å². The Morgan fingerprint density at radius 2 is 1.86 bits per heavy atom. The van der Waals surface area contributed by atoms with E-state index in [2.05, 4.69) is 10.5 Å². The maximum absolute atomic E-state index is 12.1. The topological polar surface area (TPSA) is 108 Å². The maximum atomic E-state index is 12.1. The number of hydrogen-bond acceptors (Lipinski definition) is 4. The molecule has 0 spiro atoms. The molecule has 1 amide bonds. The third-order valence-electron chi connectivity index (χ3n) is 2.94. The molecule has 2 rings (SSSR count). The number of aryl methyl sites for hydroxylation is 1. The van der Waals surface area contributed by atoms with Gasteiger partial charge < -0.3 is 21.4 Å². The monoisotopic (exact) mass is 285 g/mol. The summed E-state index contributed by atoms with van der Waals surface area (Å²) in [5, 5.41) is 23.8. The normalized spacial score (nSPS) is 11.2. The lowest BCUT2D eigenvalue weighted by Crippen LogP contribution is -2.14. The second-order valence-corrected chi connectivity index (χ2v) is 4.54. The molecule has 0 aromatic heterocycles. The number of phenolic OH excluding ortho intramolecular Hbond substituents is 1. The predicted octanol–water partition coefficient (Wildman–Crippen LogP) is 2.05. The summed E-state index contributed by atoms with van der Waals surface area (Å²) in [6, 6.07) is 11.3. The van der Waals surface area contributed by atoms with Crippen molar-refractivity contribution in [3.05, 3.63) is 59.2 Å². The van der Waals surface area contributed by atoms with E-state index in [-0.39, 0.29) is 17.1 Å². The van der Waals surface area contributed by atoms with Gasteiger partial charge in [-0.05, 0) is 43.3 Å². The number of aromatic hydroxyl groups is 1. The molecule has 21 heavy (non-hydrogen) atoms. The Morgan fingerprint density at radius 3 is 2.48 bits per heavy atom. The van der Waals surface area contributed by atoms with Crippen LogP contribution in [0.25, 0.3) is 0 Å². The van der Waals surface area contributed by atoms with Crippen molar-refractivity contribution in [3.63, 3.8) is 0 Å². The summed E-state index contributed by atoms with van der Waals surface area (Å²) in [7, 11) is 0. The first kappa shape index (κ1) is 14.4. The van der Waals surface area contributed by atoms with Crippen molar-refractivity contribution in [1.82, 2.24) is 0 Å². The average Bonchev–Trinajstić information content (AvgIpc) is 2.49. The number of nitrogens with zero attached hydrogens (tertiary/aromatic N) is 1. The van der Waals surface area contributed by atoms with E-state index in [0.29, 0.717) is 11.3 Å². The lowest BCUT2D eigenvalue weighted by atomic mass is 10.1. The molecule has 0 aliphatic heterocycles. The number of rotatable bonds is 3. The van der Waals surface area contributed by atoms with Gasteiger partial charge in [0, 0.05) is 11.3 Å². The second kappa shape index (κ2) is 5.96. The van der Waals surface area contributed by atoms with E-state index >= 15 is 0 Å². The third kappa shape index (κ3) is 3.30. The van der Waals surface area contributed by atoms with Crippen LogP contribution in [0.15, 0.2) is 47.6 Å². The highest BCUT2D eigenvalue weighted by Gasteiger charge is 2.11. The summed E-state index contributed by atoms with van der Waals surface area (Å²) in [5.74, 6) is -0.497. The number of anilines is 1. The molecule has 0 atom stereocenters. The van der Waals surface area contributed by atoms with Crippen LogP contribution in [0.2, 0.25) is 0 Å². The van der Waals surface area contributed by atoms with Gasteiger partial charge in [0.05, 0.1) is 5.56 Å². The molecular formula is C15H15N3O3. The van der Waals surface area contributed by atoms with Crippen LogP contribution in [0.1, 0.15) is 21.5 Å². The number of benzene rings is 2. The summed E-state index contributed by atoms with van der Waals surface area (Å²) in [4.78, 5) is 12.1. The molecule has 0 unspecified atom stereocenters. The fourth-order valence-electron chi connectivity index (χ4n) is 1.81. The first-order valence-corrected chi connectivity index (χ1v) is 6.20. The standard InChI is InChI=1S/C15H15N3O3/c1-9-2-7-13(19)12(8-9)15(20)17-11-5-3-10(4-6-11)14(16)18-21/h2-8,19,21H,1H3,(H2,16,18)(H,17,20). The van der Waals surface area contributed by atoms with E-state index in [0.717, 1.165) is 5.56 Å². The highest BCUT2D eigenvalue weighted by atomic mass is 16.4. The quantitative estimate of drug-likeness (QED) is 0.299. The third-order valence-corrected chi connectivity index (χ3v) is 2.94. The van der Waals surface area contributed by atoms with Gasteiger partial charge >= 0.3 is 0 Å². The molecule has 108 valence electrons. The van der Waals surface area contributed by atoms with E-state index in [1.807, 2.05) is 6.92 Å². The number of nitrogens with two attached hydrogens (primary N) is 1. The Balaban J connectivity index is 2.18. The van der Waals surface area contributed by atoms with Crippen molar-refractivity contribution >= 4 is 17.4 Å². The van der Waals surface area contributed by atoms with Crippen molar-refractivity contribution in [1.29, 1.82) is 0 Å². The van der Waals surface area contributed by atoms with E-state index in [1.54, 1.807) is 36.4 Å². The molecule has 0 heterocycles. The van der Waals surface area contributed by atoms with Gasteiger partial charge in [-0.1, -0.05) is 16.8 Å². The summed E-state index contributed by atoms with van der Waals surface area (Å²) in [6.45, 7) is 1.84. The summed E-state index contributed by atoms with van der Waals surface area (Å²) in [5.41, 5.74) is 7.61. The molecule has 0 aliphatic rings. The Kier molecular flexibility index (Phi) is 4.08. The van der Waals surface area contributed by atoms with Gasteiger partial charge in [-0.25, -0.2) is 0 Å². The maximum Gasteiger partial charge on any atom is 0.259 e. The second-order valence-electron chi connectivity index (χ2n) is 4.54. The minimum atomic E-state index is -0.409. The Hall–Kier alpha value is -3.02. The number of phenols is 1. The molecule has 0 bridgehead atoms. The van der Waals surface area contributed by atoms with Gasteiger partial charge in [0.25, 0.3) is 5.91 Å². The van der Waals surface area contributed by atoms with E-state index < -0.39 is 5.91 Å². The highest BCUT2D eigenvalue weighted by Crippen LogP contribution is 2.20. The minimum absolute atomic E-state index is 0.01000. The van der Waals surface area contributed by atoms with Crippen LogP contribution < -0.4 is 11.1 Å². The highest BCUT2D eigenvalue weighted by molar-refractivity contribution is 6.06. The van der Waals surface area contributed by atoms with Crippen molar-refractivity contribution in [3.8, 4) is 5.75 Å². The Labute approximate surface area is 121 Å². The van der Waals surface area contributed by atoms with Crippen LogP contribution in [-0.2, 0) is 0 Å². The fourth-order valence-corrected chi connectivity index (χ4v) is 1.81. The Bertz CT molecular complexity index is 694. The number of carbonyl (C=O) groups is 1. The van der Waals surface area contributed by atoms with E-state index in [4.69, 9.17) is 10.9 Å². The molecule has 0 saturated carbocycles. The zero-order valence-electron chi connectivity index (χ0n) is 11.4. The SMILES string of the molecule is Cc1ccc(O)c(C(=O)Nc2ccc(/C(N)=N/O)cc2)c1. The number of carbonyl (C=O) groups excluding carboxylic acids is 1. The Morgan fingerprint density at radius 1 is 1.19 bits per heavy atom. The molecule has 2 aromatic rings. The van der Waals surface area contributed by atoms with Gasteiger partial charge in [0.15, 0.2) is 5.84 Å². The number of hydrogen-bond donors (Lipinski definition) is 4. The molecular weight excluding hydrogens is 270 g/mol. The van der Waals surface area contributed by atoms with E-state index in [9.17, 15) is 9.90 Å². The van der Waals surface area contributed by atoms with Crippen LogP contribution in [0, 0.1) is 6.92 Å². The van der Waals surface area contributed by atoms with Crippen LogP contribution in [0.5, 0.6) is 5.75 Å². The summed E-state index contributed by atoms with van der Waals surface area (Å²) < 4.78 is 0. The van der Waals surface area contributed by atoms with Gasteiger partial charge in [-0.15, -0.1) is 0 Å². The average molecular weight is 285 g/mol. The molecule has 2 aromatic carbocycles. The molecule has 6 heteroatoms. The largest absolute Gasteiger partial charge is 0.507 e. The van der Waals surface area contributed by atoms with Crippen molar-refractivity contribution in [2.75, 3.05) is 5.32 Å². The fraction of sp³-hybridized carbons (Fsp3) is 0.0667. The molecule has 0 radical (unpaired) electrons. The lowest BCUT2D eigenvalue weighted by Gasteiger charge is -2.08. The van der Waals surface area contributed by atoms with Crippen LogP contribution in [-0.4, -0.2) is 22.1 Å². The van der Waals surface area contributed by atoms with Crippen molar-refractivity contribution < 1.29 is 15.1 Å². The first-order chi connectivity index (χ1) is 10.0. The zero-order valence-corrected chi connectivity index (χ0v) is 11.4. The summed E-state index contributed by atoms with van der Waals surface area (Å²) >= 11 is 0. The van der Waals surface area contributed by atoms with Gasteiger partial charge in [-0.3, -0.25) is 4.79 Å². The number of amidine groups is 1. The smallest absolute Gasteiger partial charge is 0.259 e. The van der Waals surface area contributed by atoms with Crippen LogP contribution in [0.3, 0.4) is 0 Å². The molecule has 6 nitrogen and oxygen atoms in total. The number of oxime groups is 1. The predicted molar refractivity (Wildman–Crippen MR) is 79.7 cm³/mol. The van der Waals surface area contributed by atoms with E-state index in [1.165, 1.54) is 6.07 Å². The molecule has 0 aliphatic carbocycles. The molecule has 0 fully saturated rings. The number of nitrogens with one attached hydrogen (secondary N) is 1.